The van der Waals surface area contributed by atoms with Crippen molar-refractivity contribution in [1.82, 2.24) is 0 Å². The Labute approximate surface area is 396 Å². The molecule has 2 nitrogen and oxygen atoms in total. The van der Waals surface area contributed by atoms with E-state index >= 15 is 0 Å². The SMILES string of the molecule is c1ccc(-c2cccc(N(c3ccc4c(c3)C(c3ccccc3)(c3ccccc3)c3ccccc3-4)c3ccc4c(c3)C3(c5ccccc5Oc5ccc6ccccc6c53)c3ccccc3-4)c2)cc1. The minimum Gasteiger partial charge on any atom is -0.457 e. The summed E-state index contributed by atoms with van der Waals surface area (Å²) in [7, 11) is 0. The van der Waals surface area contributed by atoms with E-state index in [-0.39, 0.29) is 0 Å². The van der Waals surface area contributed by atoms with E-state index in [1.807, 2.05) is 0 Å². The molecule has 11 aromatic carbocycles. The Hall–Kier alpha value is -8.72. The first-order valence-electron chi connectivity index (χ1n) is 23.6. The van der Waals surface area contributed by atoms with Crippen molar-refractivity contribution in [2.45, 2.75) is 10.8 Å². The van der Waals surface area contributed by atoms with Crippen LogP contribution >= 0.6 is 0 Å². The molecule has 0 fully saturated rings. The standard InChI is InChI=1S/C66H43NO/c1-4-19-44(20-5-1)46-22-18-27-49(41-46)67(50-36-38-55-53-29-12-14-31-57(53)65(60(55)42-50,47-23-6-2-7-24-47)48-25-8-3-9-26-48)51-37-39-56-54-30-13-15-32-58(54)66(61(56)43-51)59-33-16-17-34-62(59)68-63-40-35-45-21-10-11-28-52(45)64(63)66/h1-43H. The number of hydrogen-bond donors (Lipinski definition) is 0. The molecule has 0 N–H and O–H groups in total. The Morgan fingerprint density at radius 3 is 1.47 bits per heavy atom. The molecule has 0 bridgehead atoms. The average molecular weight is 866 g/mol. The second kappa shape index (κ2) is 14.9. The maximum absolute atomic E-state index is 6.93. The molecule has 318 valence electrons. The van der Waals surface area contributed by atoms with Gasteiger partial charge in [-0.25, -0.2) is 0 Å². The first-order chi connectivity index (χ1) is 33.7. The second-order valence-corrected chi connectivity index (χ2v) is 18.3. The van der Waals surface area contributed by atoms with Gasteiger partial charge in [-0.05, 0) is 126 Å². The molecule has 1 unspecified atom stereocenters. The van der Waals surface area contributed by atoms with Gasteiger partial charge in [-0.2, -0.15) is 0 Å². The van der Waals surface area contributed by atoms with Crippen LogP contribution in [0.2, 0.25) is 0 Å². The van der Waals surface area contributed by atoms with E-state index in [4.69, 9.17) is 4.74 Å². The second-order valence-electron chi connectivity index (χ2n) is 18.3. The highest BCUT2D eigenvalue weighted by molar-refractivity contribution is 5.99. The topological polar surface area (TPSA) is 12.5 Å². The molecular formula is C66H43NO. The molecule has 11 aromatic rings. The highest BCUT2D eigenvalue weighted by Gasteiger charge is 2.52. The molecule has 0 saturated heterocycles. The number of benzene rings is 11. The largest absolute Gasteiger partial charge is 0.457 e. The zero-order chi connectivity index (χ0) is 44.8. The van der Waals surface area contributed by atoms with Gasteiger partial charge in [-0.3, -0.25) is 0 Å². The van der Waals surface area contributed by atoms with Crippen molar-refractivity contribution >= 4 is 27.8 Å². The van der Waals surface area contributed by atoms with Crippen LogP contribution in [-0.2, 0) is 10.8 Å². The fourth-order valence-corrected chi connectivity index (χ4v) is 12.3. The van der Waals surface area contributed by atoms with E-state index < -0.39 is 10.8 Å². The predicted molar refractivity (Wildman–Crippen MR) is 279 cm³/mol. The van der Waals surface area contributed by atoms with Crippen molar-refractivity contribution < 1.29 is 4.74 Å². The molecule has 0 saturated carbocycles. The lowest BCUT2D eigenvalue weighted by atomic mass is 9.65. The fourth-order valence-electron chi connectivity index (χ4n) is 12.3. The van der Waals surface area contributed by atoms with Crippen LogP contribution < -0.4 is 9.64 Å². The number of hydrogen-bond acceptors (Lipinski definition) is 2. The summed E-state index contributed by atoms with van der Waals surface area (Å²) in [4.78, 5) is 2.49. The third-order valence-corrected chi connectivity index (χ3v) is 15.0. The van der Waals surface area contributed by atoms with Crippen LogP contribution in [0.4, 0.5) is 17.1 Å². The molecule has 0 radical (unpaired) electrons. The lowest BCUT2D eigenvalue weighted by Crippen LogP contribution is -2.32. The van der Waals surface area contributed by atoms with Gasteiger partial charge in [-0.1, -0.05) is 212 Å². The highest BCUT2D eigenvalue weighted by atomic mass is 16.5. The average Bonchev–Trinajstić information content (AvgIpc) is 3.87. The maximum atomic E-state index is 6.93. The normalized spacial score (nSPS) is 15.4. The first kappa shape index (κ1) is 38.5. The van der Waals surface area contributed by atoms with E-state index in [0.29, 0.717) is 0 Å². The number of rotatable bonds is 6. The third kappa shape index (κ3) is 5.34. The van der Waals surface area contributed by atoms with Crippen LogP contribution in [-0.4, -0.2) is 0 Å². The van der Waals surface area contributed by atoms with Gasteiger partial charge >= 0.3 is 0 Å². The summed E-state index contributed by atoms with van der Waals surface area (Å²) in [6, 6.07) is 96.2. The van der Waals surface area contributed by atoms with Crippen LogP contribution in [0.1, 0.15) is 44.5 Å². The van der Waals surface area contributed by atoms with Gasteiger partial charge in [0.1, 0.15) is 11.5 Å². The molecule has 0 aromatic heterocycles. The summed E-state index contributed by atoms with van der Waals surface area (Å²) in [6.07, 6.45) is 0. The summed E-state index contributed by atoms with van der Waals surface area (Å²) in [6.45, 7) is 0. The summed E-state index contributed by atoms with van der Waals surface area (Å²) in [5.41, 5.74) is 19.2. The van der Waals surface area contributed by atoms with Gasteiger partial charge in [0.25, 0.3) is 0 Å². The van der Waals surface area contributed by atoms with Gasteiger partial charge in [0.05, 0.1) is 10.8 Å². The van der Waals surface area contributed by atoms with E-state index in [1.165, 1.54) is 77.5 Å². The third-order valence-electron chi connectivity index (χ3n) is 15.0. The Balaban J connectivity index is 1.07. The van der Waals surface area contributed by atoms with Gasteiger partial charge in [-0.15, -0.1) is 0 Å². The minimum atomic E-state index is -0.667. The lowest BCUT2D eigenvalue weighted by Gasteiger charge is -2.40. The van der Waals surface area contributed by atoms with Crippen molar-refractivity contribution in [3.8, 4) is 44.9 Å². The number of fused-ring (bicyclic) bond motifs is 14. The van der Waals surface area contributed by atoms with E-state index in [0.717, 1.165) is 39.7 Å². The Bertz CT molecular complexity index is 3740. The zero-order valence-electron chi connectivity index (χ0n) is 37.2. The first-order valence-corrected chi connectivity index (χ1v) is 23.6. The van der Waals surface area contributed by atoms with Gasteiger partial charge in [0.2, 0.25) is 0 Å². The maximum Gasteiger partial charge on any atom is 0.132 e. The smallest absolute Gasteiger partial charge is 0.132 e. The summed E-state index contributed by atoms with van der Waals surface area (Å²) in [5.74, 6) is 1.77. The molecule has 14 rings (SSSR count). The molecule has 1 spiro atoms. The lowest BCUT2D eigenvalue weighted by molar-refractivity contribution is 0.438. The van der Waals surface area contributed by atoms with E-state index in [2.05, 4.69) is 266 Å². The van der Waals surface area contributed by atoms with Crippen LogP contribution in [0.15, 0.2) is 261 Å². The summed E-state index contributed by atoms with van der Waals surface area (Å²) in [5, 5.41) is 2.38. The van der Waals surface area contributed by atoms with Crippen molar-refractivity contribution in [2.75, 3.05) is 4.90 Å². The molecule has 1 aliphatic heterocycles. The fraction of sp³-hybridized carbons (Fsp3) is 0.0303. The Kier molecular flexibility index (Phi) is 8.45. The molecular weight excluding hydrogens is 823 g/mol. The summed E-state index contributed by atoms with van der Waals surface area (Å²) < 4.78 is 6.93. The highest BCUT2D eigenvalue weighted by Crippen LogP contribution is 2.64. The molecule has 1 atom stereocenters. The van der Waals surface area contributed by atoms with Gasteiger partial charge < -0.3 is 9.64 Å². The zero-order valence-corrected chi connectivity index (χ0v) is 37.2. The monoisotopic (exact) mass is 865 g/mol. The quantitative estimate of drug-likeness (QED) is 0.165. The van der Waals surface area contributed by atoms with Crippen LogP contribution in [0.5, 0.6) is 11.5 Å². The minimum absolute atomic E-state index is 0.553. The molecule has 68 heavy (non-hydrogen) atoms. The van der Waals surface area contributed by atoms with Crippen LogP contribution in [0.25, 0.3) is 44.2 Å². The Morgan fingerprint density at radius 1 is 0.294 bits per heavy atom. The van der Waals surface area contributed by atoms with Crippen molar-refractivity contribution in [3.05, 3.63) is 305 Å². The molecule has 1 heterocycles. The number of ether oxygens (including phenoxy) is 1. The van der Waals surface area contributed by atoms with Crippen LogP contribution in [0, 0.1) is 0 Å². The number of para-hydroxylation sites is 1. The molecule has 2 heteroatoms. The summed E-state index contributed by atoms with van der Waals surface area (Å²) >= 11 is 0. The number of anilines is 3. The van der Waals surface area contributed by atoms with Gasteiger partial charge in [0, 0.05) is 28.2 Å². The van der Waals surface area contributed by atoms with E-state index in [9.17, 15) is 0 Å². The van der Waals surface area contributed by atoms with Crippen LogP contribution in [0.3, 0.4) is 0 Å². The number of nitrogens with zero attached hydrogens (tertiary/aromatic N) is 1. The van der Waals surface area contributed by atoms with Crippen molar-refractivity contribution in [3.63, 3.8) is 0 Å². The van der Waals surface area contributed by atoms with Crippen molar-refractivity contribution in [1.29, 1.82) is 0 Å². The molecule has 2 aliphatic carbocycles. The predicted octanol–water partition coefficient (Wildman–Crippen LogP) is 16.8. The Morgan fingerprint density at radius 2 is 0.794 bits per heavy atom. The molecule has 0 amide bonds. The van der Waals surface area contributed by atoms with E-state index in [1.54, 1.807) is 0 Å². The molecule has 3 aliphatic rings. The van der Waals surface area contributed by atoms with Crippen molar-refractivity contribution in [2.24, 2.45) is 0 Å². The van der Waals surface area contributed by atoms with Gasteiger partial charge in [0.15, 0.2) is 0 Å².